The fraction of sp³-hybridized carbons (Fsp3) is 0.194. The molecule has 0 saturated heterocycles. The highest BCUT2D eigenvalue weighted by atomic mass is 35.5. The number of nitrogens with zero attached hydrogens (tertiary/aromatic N) is 5. The van der Waals surface area contributed by atoms with Crippen LogP contribution in [-0.4, -0.2) is 54.3 Å². The predicted molar refractivity (Wildman–Crippen MR) is 162 cm³/mol. The molecule has 0 amide bonds. The van der Waals surface area contributed by atoms with E-state index >= 15 is 0 Å². The van der Waals surface area contributed by atoms with Gasteiger partial charge in [0.15, 0.2) is 0 Å². The first-order chi connectivity index (χ1) is 20.0. The third-order valence-electron chi connectivity index (χ3n) is 5.69. The minimum Gasteiger partial charge on any atom is -0.465 e. The maximum Gasteiger partial charge on any atom is 0.338 e. The lowest BCUT2D eigenvalue weighted by Gasteiger charge is -2.06. The highest BCUT2D eigenvalue weighted by molar-refractivity contribution is 6.30. The number of aliphatic hydroxyl groups excluding tert-OH is 1. The van der Waals surface area contributed by atoms with Gasteiger partial charge in [0.05, 0.1) is 30.0 Å². The van der Waals surface area contributed by atoms with E-state index in [1.165, 1.54) is 24.1 Å². The Hall–Kier alpha value is -4.60. The summed E-state index contributed by atoms with van der Waals surface area (Å²) in [5.74, 6) is 0.504. The first kappa shape index (κ1) is 30.9. The molecule has 4 aromatic heterocycles. The summed E-state index contributed by atoms with van der Waals surface area (Å²) in [7, 11) is 1.34. The molecule has 0 radical (unpaired) electrons. The number of hydrogen-bond donors (Lipinski definition) is 2. The molecule has 0 aliphatic rings. The first-order valence-electron chi connectivity index (χ1n) is 13.0. The number of unbranched alkanes of at least 4 members (excludes halogenated alkanes) is 1. The third kappa shape index (κ3) is 9.23. The number of imidazole rings is 2. The number of benzene rings is 2. The summed E-state index contributed by atoms with van der Waals surface area (Å²) in [4.78, 5) is 30.6. The molecule has 10 heteroatoms. The van der Waals surface area contributed by atoms with Gasteiger partial charge in [0.25, 0.3) is 0 Å². The summed E-state index contributed by atoms with van der Waals surface area (Å²) in [6, 6.07) is 19.0. The van der Waals surface area contributed by atoms with Crippen LogP contribution >= 0.6 is 11.6 Å². The number of hydrogen-bond acceptors (Lipinski definition) is 7. The van der Waals surface area contributed by atoms with Crippen LogP contribution in [0, 0.1) is 6.92 Å². The molecule has 4 heterocycles. The second-order valence-electron chi connectivity index (χ2n) is 8.62. The topological polar surface area (TPSA) is 119 Å². The maximum absolute atomic E-state index is 11.5. The van der Waals surface area contributed by atoms with Crippen LogP contribution in [0.15, 0.2) is 98.1 Å². The molecular weight excluding hydrogens is 540 g/mol. The van der Waals surface area contributed by atoms with E-state index in [1.54, 1.807) is 37.3 Å². The summed E-state index contributed by atoms with van der Waals surface area (Å²) >= 11 is 5.81. The molecule has 0 saturated carbocycles. The van der Waals surface area contributed by atoms with Gasteiger partial charge < -0.3 is 14.8 Å². The molecule has 0 fully saturated rings. The number of para-hydroxylation sites is 2. The van der Waals surface area contributed by atoms with E-state index in [9.17, 15) is 4.79 Å². The molecule has 0 aliphatic heterocycles. The number of halogens is 1. The Balaban J connectivity index is 0.000000170. The molecule has 6 rings (SSSR count). The van der Waals surface area contributed by atoms with Gasteiger partial charge in [0, 0.05) is 42.2 Å². The Labute approximate surface area is 243 Å². The normalized spacial score (nSPS) is 9.98. The number of esters is 1. The van der Waals surface area contributed by atoms with Crippen LogP contribution in [0.2, 0.25) is 5.15 Å². The molecule has 0 aliphatic carbocycles. The van der Waals surface area contributed by atoms with Crippen molar-refractivity contribution in [2.45, 2.75) is 26.7 Å². The Morgan fingerprint density at radius 2 is 1.71 bits per heavy atom. The van der Waals surface area contributed by atoms with Crippen molar-refractivity contribution in [1.82, 2.24) is 29.5 Å². The van der Waals surface area contributed by atoms with Gasteiger partial charge in [-0.05, 0) is 43.2 Å². The smallest absolute Gasteiger partial charge is 0.338 e. The van der Waals surface area contributed by atoms with Crippen LogP contribution in [0.5, 0.6) is 0 Å². The second kappa shape index (κ2) is 16.5. The maximum atomic E-state index is 11.5. The fourth-order valence-electron chi connectivity index (χ4n) is 3.65. The van der Waals surface area contributed by atoms with Crippen molar-refractivity contribution in [2.75, 3.05) is 13.7 Å². The minimum absolute atomic E-state index is 0.286. The number of pyridine rings is 2. The molecule has 2 N–H and O–H groups in total. The third-order valence-corrected chi connectivity index (χ3v) is 5.88. The van der Waals surface area contributed by atoms with Crippen molar-refractivity contribution < 1.29 is 14.6 Å². The Morgan fingerprint density at radius 3 is 2.24 bits per heavy atom. The SMILES string of the molecule is CCCCO.COC(=O)c1cc(Cl)nc2ccccc12.Cc1cc(-n2ccnc2)nc2ccccc12.c1c[nH]cn1. The van der Waals surface area contributed by atoms with E-state index < -0.39 is 5.97 Å². The minimum atomic E-state index is -0.407. The Kier molecular flexibility index (Phi) is 12.4. The molecule has 9 nitrogen and oxygen atoms in total. The van der Waals surface area contributed by atoms with Crippen LogP contribution in [0.3, 0.4) is 0 Å². The van der Waals surface area contributed by atoms with E-state index in [4.69, 9.17) is 16.7 Å². The number of rotatable bonds is 4. The van der Waals surface area contributed by atoms with Gasteiger partial charge in [0.1, 0.15) is 17.3 Å². The number of nitrogens with one attached hydrogen (secondary N) is 1. The van der Waals surface area contributed by atoms with Crippen LogP contribution in [0.25, 0.3) is 27.6 Å². The summed E-state index contributed by atoms with van der Waals surface area (Å²) in [6.45, 7) is 4.50. The number of carbonyl (C=O) groups is 1. The molecule has 0 spiro atoms. The van der Waals surface area contributed by atoms with E-state index in [0.717, 1.165) is 29.6 Å². The number of carbonyl (C=O) groups excluding carboxylic acids is 1. The van der Waals surface area contributed by atoms with E-state index in [0.29, 0.717) is 17.7 Å². The fourth-order valence-corrected chi connectivity index (χ4v) is 3.85. The average Bonchev–Trinajstić information content (AvgIpc) is 3.75. The lowest BCUT2D eigenvalue weighted by Crippen LogP contribution is -2.02. The number of aromatic amines is 1. The van der Waals surface area contributed by atoms with E-state index in [1.807, 2.05) is 47.2 Å². The van der Waals surface area contributed by atoms with Gasteiger partial charge in [-0.25, -0.2) is 24.7 Å². The molecule has 0 unspecified atom stereocenters. The Bertz CT molecular complexity index is 1600. The summed E-state index contributed by atoms with van der Waals surface area (Å²) in [5, 5.41) is 10.3. The molecule has 0 atom stereocenters. The van der Waals surface area contributed by atoms with Gasteiger partial charge in [-0.15, -0.1) is 0 Å². The average molecular weight is 573 g/mol. The van der Waals surface area contributed by atoms with Crippen molar-refractivity contribution in [3.63, 3.8) is 0 Å². The summed E-state index contributed by atoms with van der Waals surface area (Å²) in [6.07, 6.45) is 12.5. The van der Waals surface area contributed by atoms with Crippen LogP contribution in [-0.2, 0) is 4.74 Å². The molecule has 6 aromatic rings. The van der Waals surface area contributed by atoms with Crippen molar-refractivity contribution in [3.8, 4) is 5.82 Å². The largest absolute Gasteiger partial charge is 0.465 e. The van der Waals surface area contributed by atoms with Crippen LogP contribution in [0.1, 0.15) is 35.7 Å². The zero-order chi connectivity index (χ0) is 29.5. The van der Waals surface area contributed by atoms with E-state index in [-0.39, 0.29) is 5.15 Å². The first-order valence-corrected chi connectivity index (χ1v) is 13.4. The van der Waals surface area contributed by atoms with Crippen molar-refractivity contribution in [2.24, 2.45) is 0 Å². The quantitative estimate of drug-likeness (QED) is 0.180. The Morgan fingerprint density at radius 1 is 1.00 bits per heavy atom. The lowest BCUT2D eigenvalue weighted by atomic mass is 10.1. The highest BCUT2D eigenvalue weighted by Crippen LogP contribution is 2.21. The summed E-state index contributed by atoms with van der Waals surface area (Å²) in [5.41, 5.74) is 3.37. The van der Waals surface area contributed by atoms with Gasteiger partial charge in [-0.1, -0.05) is 61.3 Å². The van der Waals surface area contributed by atoms with Crippen molar-refractivity contribution >= 4 is 39.4 Å². The monoisotopic (exact) mass is 572 g/mol. The highest BCUT2D eigenvalue weighted by Gasteiger charge is 2.12. The zero-order valence-corrected chi connectivity index (χ0v) is 24.0. The van der Waals surface area contributed by atoms with Crippen molar-refractivity contribution in [3.05, 3.63) is 114 Å². The zero-order valence-electron chi connectivity index (χ0n) is 23.2. The number of aromatic nitrogens is 6. The molecular formula is C31H33ClN6O3. The predicted octanol–water partition coefficient (Wildman–Crippen LogP) is 6.59. The number of ether oxygens (including phenoxy) is 1. The molecule has 2 aromatic carbocycles. The van der Waals surface area contributed by atoms with Gasteiger partial charge >= 0.3 is 5.97 Å². The lowest BCUT2D eigenvalue weighted by molar-refractivity contribution is 0.0603. The number of fused-ring (bicyclic) bond motifs is 2. The van der Waals surface area contributed by atoms with Crippen LogP contribution < -0.4 is 0 Å². The summed E-state index contributed by atoms with van der Waals surface area (Å²) < 4.78 is 6.59. The van der Waals surface area contributed by atoms with Crippen molar-refractivity contribution in [1.29, 1.82) is 0 Å². The van der Waals surface area contributed by atoms with Gasteiger partial charge in [-0.2, -0.15) is 0 Å². The van der Waals surface area contributed by atoms with E-state index in [2.05, 4.69) is 55.6 Å². The standard InChI is InChI=1S/C13H11N3.C11H8ClNO2.C4H10O.C3H4N2/c1-10-8-13(16-7-6-14-9-16)15-12-5-3-2-4-11(10)12;1-15-11(14)8-6-10(12)13-9-5-3-2-4-7(8)9;1-2-3-4-5;1-2-5-3-4-1/h2-9H,1H3;2-6H,1H3;5H,2-4H2,1H3;1-3H,(H,4,5). The molecule has 41 heavy (non-hydrogen) atoms. The molecule has 212 valence electrons. The number of aryl methyl sites for hydroxylation is 1. The van der Waals surface area contributed by atoms with Gasteiger partial charge in [0.2, 0.25) is 0 Å². The number of methoxy groups -OCH3 is 1. The number of aliphatic hydroxyl groups is 1. The molecule has 0 bridgehead atoms. The van der Waals surface area contributed by atoms with Crippen LogP contribution in [0.4, 0.5) is 0 Å². The van der Waals surface area contributed by atoms with Gasteiger partial charge in [-0.3, -0.25) is 4.57 Å². The number of H-pyrrole nitrogens is 1. The second-order valence-corrected chi connectivity index (χ2v) is 9.01.